The van der Waals surface area contributed by atoms with E-state index in [4.69, 9.17) is 37.9 Å². The largest absolute Gasteiger partial charge is 0.457 e. The first-order valence-electron chi connectivity index (χ1n) is 22.4. The number of esters is 4. The number of nitrogens with one attached hydrogen (secondary N) is 1. The normalized spacial score (nSPS) is 32.5. The van der Waals surface area contributed by atoms with E-state index >= 15 is 0 Å². The number of amides is 1. The van der Waals surface area contributed by atoms with E-state index in [0.29, 0.717) is 11.1 Å². The Bertz CT molecular complexity index is 2150. The minimum atomic E-state index is -1.90. The number of aliphatic hydroxyl groups is 2. The molecule has 13 atom stereocenters. The van der Waals surface area contributed by atoms with E-state index in [0.717, 1.165) is 0 Å². The summed E-state index contributed by atoms with van der Waals surface area (Å²) in [7, 11) is 0. The molecule has 3 aliphatic carbocycles. The summed E-state index contributed by atoms with van der Waals surface area (Å²) in [6.45, 7) is 15.9. The summed E-state index contributed by atoms with van der Waals surface area (Å²) in [5.41, 5.74) is -4.58. The fraction of sp³-hybridized carbons (Fsp3) is 0.612. The van der Waals surface area contributed by atoms with E-state index in [1.165, 1.54) is 27.7 Å². The molecule has 16 nitrogen and oxygen atoms in total. The number of benzene rings is 2. The van der Waals surface area contributed by atoms with Crippen LogP contribution in [0.2, 0.25) is 0 Å². The van der Waals surface area contributed by atoms with Crippen LogP contribution in [0.25, 0.3) is 0 Å². The van der Waals surface area contributed by atoms with Gasteiger partial charge in [-0.1, -0.05) is 62.4 Å². The van der Waals surface area contributed by atoms with Crippen molar-refractivity contribution >= 4 is 30.0 Å². The van der Waals surface area contributed by atoms with Crippen LogP contribution in [0.4, 0.5) is 4.79 Å². The number of hydrogen-bond acceptors (Lipinski definition) is 15. The molecule has 16 heteroatoms. The van der Waals surface area contributed by atoms with Gasteiger partial charge >= 0.3 is 30.0 Å². The lowest BCUT2D eigenvalue weighted by atomic mass is 9.54. The molecule has 5 aliphatic rings. The van der Waals surface area contributed by atoms with Crippen LogP contribution in [0.5, 0.6) is 0 Å². The Morgan fingerprint density at radius 1 is 0.892 bits per heavy atom. The third-order valence-corrected chi connectivity index (χ3v) is 13.5. The Hall–Kier alpha value is -4.87. The van der Waals surface area contributed by atoms with Gasteiger partial charge in [0, 0.05) is 44.1 Å². The molecule has 4 fully saturated rings. The molecule has 1 unspecified atom stereocenters. The average molecular weight is 906 g/mol. The lowest BCUT2D eigenvalue weighted by Crippen LogP contribution is -2.76. The third-order valence-electron chi connectivity index (χ3n) is 13.5. The number of fused-ring (bicyclic) bond motifs is 3. The van der Waals surface area contributed by atoms with Crippen LogP contribution in [0.1, 0.15) is 111 Å². The van der Waals surface area contributed by atoms with Gasteiger partial charge in [-0.2, -0.15) is 0 Å². The minimum Gasteiger partial charge on any atom is -0.457 e. The van der Waals surface area contributed by atoms with E-state index < -0.39 is 119 Å². The van der Waals surface area contributed by atoms with Crippen molar-refractivity contribution in [2.75, 3.05) is 6.61 Å². The molecule has 2 saturated carbocycles. The maximum Gasteiger partial charge on any atom is 0.407 e. The second kappa shape index (κ2) is 18.1. The van der Waals surface area contributed by atoms with Crippen molar-refractivity contribution in [1.82, 2.24) is 5.32 Å². The fourth-order valence-electron chi connectivity index (χ4n) is 11.0. The average Bonchev–Trinajstić information content (AvgIpc) is 3.46. The monoisotopic (exact) mass is 905 g/mol. The predicted molar refractivity (Wildman–Crippen MR) is 231 cm³/mol. The van der Waals surface area contributed by atoms with Gasteiger partial charge in [-0.3, -0.25) is 9.59 Å². The molecule has 2 aromatic rings. The zero-order valence-electron chi connectivity index (χ0n) is 38.7. The van der Waals surface area contributed by atoms with Gasteiger partial charge in [-0.05, 0) is 77.2 Å². The third kappa shape index (κ3) is 9.16. The van der Waals surface area contributed by atoms with Crippen molar-refractivity contribution in [2.45, 2.75) is 160 Å². The highest BCUT2D eigenvalue weighted by atomic mass is 16.7. The van der Waals surface area contributed by atoms with E-state index in [9.17, 15) is 34.2 Å². The molecule has 0 aromatic heterocycles. The maximum absolute atomic E-state index is 14.6. The number of alkyl carbamates (subject to hydrolysis) is 1. The van der Waals surface area contributed by atoms with Gasteiger partial charge in [-0.25, -0.2) is 14.4 Å². The zero-order valence-corrected chi connectivity index (χ0v) is 38.7. The van der Waals surface area contributed by atoms with Gasteiger partial charge in [0.2, 0.25) is 0 Å². The van der Waals surface area contributed by atoms with E-state index in [2.05, 4.69) is 5.32 Å². The number of aliphatic hydroxyl groups excluding tert-OH is 1. The summed E-state index contributed by atoms with van der Waals surface area (Å²) >= 11 is 0. The molecule has 2 saturated heterocycles. The van der Waals surface area contributed by atoms with E-state index in [1.807, 2.05) is 44.2 Å². The van der Waals surface area contributed by atoms with Crippen LogP contribution in [0, 0.1) is 23.2 Å². The van der Waals surface area contributed by atoms with Crippen LogP contribution >= 0.6 is 0 Å². The molecule has 0 bridgehead atoms. The van der Waals surface area contributed by atoms with Crippen molar-refractivity contribution < 1.29 is 72.1 Å². The van der Waals surface area contributed by atoms with Gasteiger partial charge in [0.15, 0.2) is 24.1 Å². The standard InChI is InChI=1S/C49H63NO15/c1-25(2)21-31(50-45(56)65-46(6,7)8)38(53)43(55)60-33-23-48(47(9,10)57)36(26(33)3)40(59-27(4)51)39-35-32(61-44(62-39)30-19-15-12-16-20-30)22-34-49(24-58-34,64-28(5)52)37(35)41(48)63-42(54)29-17-13-11-14-18-29/h11-20,25,31-35,37-41,44,53,57H,21-24H2,1-10H3,(H,50,56)/t31-,32-,33-,34+,35?,37+,38+,39+,40-,41-,44-,48-,49-/m0/s1. The van der Waals surface area contributed by atoms with E-state index in [1.54, 1.807) is 58.0 Å². The number of ether oxygens (including phenoxy) is 8. The number of rotatable bonds is 12. The molecular formula is C49H63NO15. The summed E-state index contributed by atoms with van der Waals surface area (Å²) in [5.74, 6) is -5.15. The van der Waals surface area contributed by atoms with Crippen molar-refractivity contribution in [1.29, 1.82) is 0 Å². The summed E-state index contributed by atoms with van der Waals surface area (Å²) in [6.07, 6.45) is -10.1. The summed E-state index contributed by atoms with van der Waals surface area (Å²) in [5, 5.41) is 27.3. The van der Waals surface area contributed by atoms with Crippen molar-refractivity contribution in [2.24, 2.45) is 23.2 Å². The molecule has 0 radical (unpaired) electrons. The SMILES string of the molecule is CC(=O)O[C@H]1C2=C(C)[C@@H](OC(=O)[C@H](O)[C@H](CC(C)C)NC(=O)OC(C)(C)C)C[C@@]2(C(C)(C)O)[C@@H](OC(=O)c2ccccc2)[C@H]2C3[C@H](C[C@H]4OC[C@@]24OC(C)=O)O[C@H](c2ccccc2)O[C@H]31. The highest BCUT2D eigenvalue weighted by Gasteiger charge is 2.77. The Morgan fingerprint density at radius 3 is 2.09 bits per heavy atom. The van der Waals surface area contributed by atoms with Crippen LogP contribution in [0.3, 0.4) is 0 Å². The van der Waals surface area contributed by atoms with Crippen molar-refractivity contribution in [3.05, 3.63) is 82.9 Å². The van der Waals surface area contributed by atoms with Gasteiger partial charge in [-0.15, -0.1) is 0 Å². The Labute approximate surface area is 379 Å². The molecule has 7 rings (SSSR count). The molecule has 354 valence electrons. The molecule has 1 amide bonds. The highest BCUT2D eigenvalue weighted by Crippen LogP contribution is 2.67. The fourth-order valence-corrected chi connectivity index (χ4v) is 11.0. The van der Waals surface area contributed by atoms with Crippen LogP contribution in [-0.2, 0) is 52.3 Å². The molecule has 0 spiro atoms. The van der Waals surface area contributed by atoms with E-state index in [-0.39, 0.29) is 42.9 Å². The number of carbonyl (C=O) groups is 5. The van der Waals surface area contributed by atoms with Crippen molar-refractivity contribution in [3.8, 4) is 0 Å². The molecule has 2 aliphatic heterocycles. The minimum absolute atomic E-state index is 0.0855. The Kier molecular flexibility index (Phi) is 13.4. The van der Waals surface area contributed by atoms with Crippen LogP contribution < -0.4 is 5.32 Å². The second-order valence-electron chi connectivity index (χ2n) is 20.0. The zero-order chi connectivity index (χ0) is 47.4. The highest BCUT2D eigenvalue weighted by molar-refractivity contribution is 5.89. The van der Waals surface area contributed by atoms with Gasteiger partial charge in [0.05, 0.1) is 35.3 Å². The molecule has 2 aromatic carbocycles. The van der Waals surface area contributed by atoms with Crippen LogP contribution in [-0.4, -0.2) is 112 Å². The summed E-state index contributed by atoms with van der Waals surface area (Å²) < 4.78 is 51.2. The van der Waals surface area contributed by atoms with Gasteiger partial charge < -0.3 is 53.4 Å². The Balaban J connectivity index is 1.43. The smallest absolute Gasteiger partial charge is 0.407 e. The number of carbonyl (C=O) groups excluding carboxylic acids is 5. The molecule has 65 heavy (non-hydrogen) atoms. The molecular weight excluding hydrogens is 843 g/mol. The summed E-state index contributed by atoms with van der Waals surface area (Å²) in [4.78, 5) is 68.6. The second-order valence-corrected chi connectivity index (χ2v) is 20.0. The van der Waals surface area contributed by atoms with Gasteiger partial charge in [0.1, 0.15) is 30.0 Å². The number of hydrogen-bond donors (Lipinski definition) is 3. The van der Waals surface area contributed by atoms with Crippen molar-refractivity contribution in [3.63, 3.8) is 0 Å². The predicted octanol–water partition coefficient (Wildman–Crippen LogP) is 5.67. The molecule has 3 N–H and O–H groups in total. The lowest BCUT2D eigenvalue weighted by Gasteiger charge is -2.63. The van der Waals surface area contributed by atoms with Crippen LogP contribution in [0.15, 0.2) is 71.8 Å². The Morgan fingerprint density at radius 2 is 1.54 bits per heavy atom. The van der Waals surface area contributed by atoms with Gasteiger partial charge in [0.25, 0.3) is 0 Å². The first kappa shape index (κ1) is 48.1. The lowest BCUT2D eigenvalue weighted by molar-refractivity contribution is -0.375. The maximum atomic E-state index is 14.6. The molecule has 2 heterocycles. The first-order valence-corrected chi connectivity index (χ1v) is 22.4. The first-order chi connectivity index (χ1) is 30.5. The topological polar surface area (TPSA) is 212 Å². The quantitative estimate of drug-likeness (QED) is 0.133. The summed E-state index contributed by atoms with van der Waals surface area (Å²) in [6, 6.07) is 16.3.